The molecule has 0 aromatic heterocycles. The Labute approximate surface area is 161 Å². The third-order valence-corrected chi connectivity index (χ3v) is 6.04. The Hall–Kier alpha value is -1.67. The highest BCUT2D eigenvalue weighted by Crippen LogP contribution is 2.29. The molecule has 144 valence electrons. The van der Waals surface area contributed by atoms with Gasteiger partial charge in [0.1, 0.15) is 0 Å². The summed E-state index contributed by atoms with van der Waals surface area (Å²) < 4.78 is 22.6. The van der Waals surface area contributed by atoms with Gasteiger partial charge in [0.05, 0.1) is 5.75 Å². The first-order valence-corrected chi connectivity index (χ1v) is 11.3. The normalized spacial score (nSPS) is 23.1. The lowest BCUT2D eigenvalue weighted by Crippen LogP contribution is -2.52. The minimum absolute atomic E-state index is 0.0425. The first-order valence-electron chi connectivity index (χ1n) is 8.79. The minimum Gasteiger partial charge on any atom is -0.358 e. The van der Waals surface area contributed by atoms with Gasteiger partial charge in [-0.15, -0.1) is 0 Å². The summed E-state index contributed by atoms with van der Waals surface area (Å²) in [6.07, 6.45) is 4.67. The van der Waals surface area contributed by atoms with E-state index in [-0.39, 0.29) is 11.7 Å². The maximum Gasteiger partial charge on any atom is 0.269 e. The van der Waals surface area contributed by atoms with Crippen molar-refractivity contribution >= 4 is 33.1 Å². The molecule has 1 aliphatic rings. The fraction of sp³-hybridized carbons (Fsp3) is 0.556. The molecular formula is C18H27N3O3S2. The molecule has 0 bridgehead atoms. The number of thiocarbonyl (C=S) groups is 1. The van der Waals surface area contributed by atoms with E-state index in [0.717, 1.165) is 6.42 Å². The Morgan fingerprint density at radius 2 is 1.81 bits per heavy atom. The van der Waals surface area contributed by atoms with Crippen LogP contribution >= 0.6 is 12.2 Å². The molecule has 2 rings (SSSR count). The third-order valence-electron chi connectivity index (χ3n) is 4.96. The second-order valence-electron chi connectivity index (χ2n) is 7.19. The summed E-state index contributed by atoms with van der Waals surface area (Å²) in [6, 6.07) is 6.78. The summed E-state index contributed by atoms with van der Waals surface area (Å²) in [4.78, 5) is 12.2. The lowest BCUT2D eigenvalue weighted by molar-refractivity contribution is 0.0943. The highest BCUT2D eigenvalue weighted by molar-refractivity contribution is 7.89. The number of sulfone groups is 1. The van der Waals surface area contributed by atoms with Crippen LogP contribution in [0, 0.1) is 11.8 Å². The van der Waals surface area contributed by atoms with Gasteiger partial charge in [-0.05, 0) is 48.2 Å². The molecule has 3 atom stereocenters. The van der Waals surface area contributed by atoms with Crippen LogP contribution in [0.5, 0.6) is 0 Å². The minimum atomic E-state index is -3.09. The number of benzene rings is 1. The van der Waals surface area contributed by atoms with Crippen LogP contribution in [0.1, 0.15) is 49.0 Å². The second-order valence-corrected chi connectivity index (χ2v) is 9.74. The van der Waals surface area contributed by atoms with Gasteiger partial charge in [0.25, 0.3) is 5.91 Å². The van der Waals surface area contributed by atoms with E-state index < -0.39 is 9.84 Å². The van der Waals surface area contributed by atoms with E-state index in [1.807, 2.05) is 0 Å². The van der Waals surface area contributed by atoms with Crippen LogP contribution < -0.4 is 16.2 Å². The maximum absolute atomic E-state index is 12.2. The van der Waals surface area contributed by atoms with Crippen molar-refractivity contribution in [1.82, 2.24) is 16.2 Å². The Morgan fingerprint density at radius 3 is 2.42 bits per heavy atom. The third kappa shape index (κ3) is 6.25. The van der Waals surface area contributed by atoms with Gasteiger partial charge >= 0.3 is 0 Å². The van der Waals surface area contributed by atoms with E-state index in [2.05, 4.69) is 30.0 Å². The van der Waals surface area contributed by atoms with Gasteiger partial charge in [-0.1, -0.05) is 38.8 Å². The molecule has 1 fully saturated rings. The second kappa shape index (κ2) is 8.81. The zero-order valence-electron chi connectivity index (χ0n) is 15.4. The molecule has 1 saturated carbocycles. The van der Waals surface area contributed by atoms with Crippen molar-refractivity contribution in [3.63, 3.8) is 0 Å². The lowest BCUT2D eigenvalue weighted by Gasteiger charge is -2.35. The molecule has 26 heavy (non-hydrogen) atoms. The van der Waals surface area contributed by atoms with E-state index in [0.29, 0.717) is 34.1 Å². The number of amides is 1. The molecule has 0 spiro atoms. The predicted molar refractivity (Wildman–Crippen MR) is 107 cm³/mol. The quantitative estimate of drug-likeness (QED) is 0.533. The van der Waals surface area contributed by atoms with E-state index in [4.69, 9.17) is 12.2 Å². The highest BCUT2D eigenvalue weighted by Gasteiger charge is 2.27. The first kappa shape index (κ1) is 20.6. The van der Waals surface area contributed by atoms with Crippen LogP contribution in [0.2, 0.25) is 0 Å². The molecular weight excluding hydrogens is 370 g/mol. The number of hydrogen-bond donors (Lipinski definition) is 3. The van der Waals surface area contributed by atoms with Gasteiger partial charge in [0, 0.05) is 17.9 Å². The maximum atomic E-state index is 12.2. The summed E-state index contributed by atoms with van der Waals surface area (Å²) >= 11 is 5.27. The highest BCUT2D eigenvalue weighted by atomic mass is 32.2. The zero-order chi connectivity index (χ0) is 19.3. The molecule has 6 nitrogen and oxygen atoms in total. The molecule has 1 aliphatic carbocycles. The van der Waals surface area contributed by atoms with Gasteiger partial charge < -0.3 is 5.32 Å². The first-order chi connectivity index (χ1) is 12.2. The molecule has 8 heteroatoms. The van der Waals surface area contributed by atoms with Crippen LogP contribution in [0.3, 0.4) is 0 Å². The van der Waals surface area contributed by atoms with E-state index >= 15 is 0 Å². The molecule has 0 unspecified atom stereocenters. The number of nitrogens with one attached hydrogen (secondary N) is 3. The Balaban J connectivity index is 1.83. The van der Waals surface area contributed by atoms with Crippen LogP contribution in [-0.4, -0.2) is 31.7 Å². The van der Waals surface area contributed by atoms with Gasteiger partial charge in [-0.3, -0.25) is 15.6 Å². The van der Waals surface area contributed by atoms with E-state index in [1.54, 1.807) is 24.3 Å². The van der Waals surface area contributed by atoms with E-state index in [9.17, 15) is 13.2 Å². The molecule has 0 radical (unpaired) electrons. The number of carbonyl (C=O) groups excluding carboxylic acids is 1. The van der Waals surface area contributed by atoms with Crippen molar-refractivity contribution in [2.75, 3.05) is 6.26 Å². The average Bonchev–Trinajstić information content (AvgIpc) is 2.56. The smallest absolute Gasteiger partial charge is 0.269 e. The van der Waals surface area contributed by atoms with E-state index in [1.165, 1.54) is 19.1 Å². The van der Waals surface area contributed by atoms with Crippen molar-refractivity contribution in [1.29, 1.82) is 0 Å². The SMILES string of the molecule is C[C@@H]1[C@H](C)CCC[C@H]1NC(=S)NNC(=O)c1ccc(CS(C)(=O)=O)cc1. The molecule has 1 amide bonds. The number of carbonyl (C=O) groups is 1. The van der Waals surface area contributed by atoms with Crippen molar-refractivity contribution in [2.45, 2.75) is 44.9 Å². The molecule has 1 aromatic rings. The monoisotopic (exact) mass is 397 g/mol. The summed E-state index contributed by atoms with van der Waals surface area (Å²) in [5.74, 6) is 0.815. The topological polar surface area (TPSA) is 87.3 Å². The number of hydrazine groups is 1. The fourth-order valence-electron chi connectivity index (χ4n) is 3.23. The number of hydrogen-bond acceptors (Lipinski definition) is 4. The van der Waals surface area contributed by atoms with Crippen LogP contribution in [0.25, 0.3) is 0 Å². The van der Waals surface area contributed by atoms with Crippen LogP contribution in [0.4, 0.5) is 0 Å². The van der Waals surface area contributed by atoms with Crippen molar-refractivity contribution in [3.8, 4) is 0 Å². The predicted octanol–water partition coefficient (Wildman–Crippen LogP) is 2.16. The summed E-state index contributed by atoms with van der Waals surface area (Å²) in [5.41, 5.74) is 6.39. The standard InChI is InChI=1S/C18H27N3O3S2/c1-12-5-4-6-16(13(12)2)19-18(25)21-20-17(22)15-9-7-14(8-10-15)11-26(3,23)24/h7-10,12-13,16H,4-6,11H2,1-3H3,(H,20,22)(H2,19,21,25)/t12-,13-,16-/m1/s1. The van der Waals surface area contributed by atoms with Gasteiger partial charge in [0.15, 0.2) is 14.9 Å². The van der Waals surface area contributed by atoms with Crippen molar-refractivity contribution in [3.05, 3.63) is 35.4 Å². The van der Waals surface area contributed by atoms with Crippen LogP contribution in [0.15, 0.2) is 24.3 Å². The molecule has 0 aliphatic heterocycles. The Kier molecular flexibility index (Phi) is 7.00. The van der Waals surface area contributed by atoms with Gasteiger partial charge in [-0.25, -0.2) is 8.42 Å². The average molecular weight is 398 g/mol. The molecule has 1 aromatic carbocycles. The zero-order valence-corrected chi connectivity index (χ0v) is 17.0. The van der Waals surface area contributed by atoms with Crippen LogP contribution in [-0.2, 0) is 15.6 Å². The van der Waals surface area contributed by atoms with Crippen molar-refractivity contribution < 1.29 is 13.2 Å². The Morgan fingerprint density at radius 1 is 1.15 bits per heavy atom. The van der Waals surface area contributed by atoms with Crippen molar-refractivity contribution in [2.24, 2.45) is 11.8 Å². The molecule has 0 saturated heterocycles. The molecule has 3 N–H and O–H groups in total. The fourth-order valence-corrected chi connectivity index (χ4v) is 4.23. The Bertz CT molecular complexity index is 747. The molecule has 0 heterocycles. The summed E-state index contributed by atoms with van der Waals surface area (Å²) in [6.45, 7) is 4.48. The summed E-state index contributed by atoms with van der Waals surface area (Å²) in [5, 5.41) is 3.68. The largest absolute Gasteiger partial charge is 0.358 e. The van der Waals surface area contributed by atoms with Gasteiger partial charge in [0.2, 0.25) is 0 Å². The number of rotatable bonds is 4. The van der Waals surface area contributed by atoms with Gasteiger partial charge in [-0.2, -0.15) is 0 Å². The summed E-state index contributed by atoms with van der Waals surface area (Å²) in [7, 11) is -3.09. The lowest BCUT2D eigenvalue weighted by atomic mass is 9.78.